The predicted octanol–water partition coefficient (Wildman–Crippen LogP) is 3.39. The minimum atomic E-state index is 0.182. The fraction of sp³-hybridized carbons (Fsp3) is 0.625. The van der Waals surface area contributed by atoms with Gasteiger partial charge in [0.25, 0.3) is 0 Å². The van der Waals surface area contributed by atoms with Crippen LogP contribution in [-0.2, 0) is 0 Å². The third-order valence-corrected chi connectivity index (χ3v) is 3.87. The molecule has 0 radical (unpaired) electrons. The molecule has 1 aliphatic rings. The molecular weight excluding hydrogens is 220 g/mol. The monoisotopic (exact) mass is 246 g/mol. The highest BCUT2D eigenvalue weighted by atomic mass is 15.2. The quantitative estimate of drug-likeness (QED) is 0.860. The zero-order valence-electron chi connectivity index (χ0n) is 12.2. The number of hydrogen-bond acceptors (Lipinski definition) is 2. The summed E-state index contributed by atoms with van der Waals surface area (Å²) < 4.78 is 0. The molecule has 1 aromatic carbocycles. The van der Waals surface area contributed by atoms with E-state index in [1.807, 2.05) is 0 Å². The first-order valence-electron chi connectivity index (χ1n) is 7.09. The van der Waals surface area contributed by atoms with Crippen LogP contribution in [0, 0.1) is 0 Å². The van der Waals surface area contributed by atoms with E-state index in [1.54, 1.807) is 0 Å². The first-order chi connectivity index (χ1) is 8.52. The van der Waals surface area contributed by atoms with Gasteiger partial charge in [-0.1, -0.05) is 32.0 Å². The van der Waals surface area contributed by atoms with Gasteiger partial charge in [-0.2, -0.15) is 0 Å². The minimum Gasteiger partial charge on any atom is -0.365 e. The predicted molar refractivity (Wildman–Crippen MR) is 79.4 cm³/mol. The number of nitrogens with one attached hydrogen (secondary N) is 1. The first kappa shape index (κ1) is 13.4. The molecule has 0 saturated carbocycles. The molecule has 1 heterocycles. The fourth-order valence-corrected chi connectivity index (χ4v) is 2.82. The summed E-state index contributed by atoms with van der Waals surface area (Å²) in [6.45, 7) is 12.6. The van der Waals surface area contributed by atoms with Crippen LogP contribution in [0.2, 0.25) is 0 Å². The van der Waals surface area contributed by atoms with Gasteiger partial charge in [0, 0.05) is 24.3 Å². The summed E-state index contributed by atoms with van der Waals surface area (Å²) in [5.74, 6) is 0.577. The summed E-state index contributed by atoms with van der Waals surface area (Å²) >= 11 is 0. The lowest BCUT2D eigenvalue weighted by Crippen LogP contribution is -2.49. The van der Waals surface area contributed by atoms with Crippen molar-refractivity contribution in [2.45, 2.75) is 45.6 Å². The van der Waals surface area contributed by atoms with Crippen LogP contribution in [0.1, 0.15) is 45.6 Å². The van der Waals surface area contributed by atoms with E-state index in [4.69, 9.17) is 0 Å². The maximum atomic E-state index is 3.54. The van der Waals surface area contributed by atoms with Gasteiger partial charge in [0.2, 0.25) is 0 Å². The summed E-state index contributed by atoms with van der Waals surface area (Å²) in [5.41, 5.74) is 3.07. The first-order valence-corrected chi connectivity index (χ1v) is 7.09. The third kappa shape index (κ3) is 2.69. The van der Waals surface area contributed by atoms with Crippen LogP contribution >= 0.6 is 0 Å². The van der Waals surface area contributed by atoms with Crippen molar-refractivity contribution in [3.8, 4) is 0 Å². The van der Waals surface area contributed by atoms with E-state index < -0.39 is 0 Å². The van der Waals surface area contributed by atoms with Crippen molar-refractivity contribution in [1.82, 2.24) is 5.32 Å². The Hall–Kier alpha value is -1.02. The van der Waals surface area contributed by atoms with E-state index in [2.05, 4.69) is 62.2 Å². The van der Waals surface area contributed by atoms with Crippen LogP contribution in [0.4, 0.5) is 5.69 Å². The molecule has 1 aliphatic heterocycles. The number of anilines is 1. The molecule has 0 amide bonds. The lowest BCUT2D eigenvalue weighted by Gasteiger charge is -2.40. The van der Waals surface area contributed by atoms with Crippen molar-refractivity contribution in [2.75, 3.05) is 24.5 Å². The van der Waals surface area contributed by atoms with E-state index in [-0.39, 0.29) is 5.54 Å². The number of benzene rings is 1. The molecule has 2 nitrogen and oxygen atoms in total. The van der Waals surface area contributed by atoms with Crippen LogP contribution in [0.25, 0.3) is 0 Å². The molecule has 0 atom stereocenters. The van der Waals surface area contributed by atoms with Gasteiger partial charge < -0.3 is 10.2 Å². The molecule has 1 saturated heterocycles. The minimum absolute atomic E-state index is 0.182. The van der Waals surface area contributed by atoms with Gasteiger partial charge in [0.15, 0.2) is 0 Å². The standard InChI is InChI=1S/C16H26N2/c1-13(2)14-8-5-6-9-15(14)18-11-7-10-17-12-16(18,3)4/h5-6,8-9,13,17H,7,10-12H2,1-4H3. The van der Waals surface area contributed by atoms with Crippen molar-refractivity contribution < 1.29 is 0 Å². The summed E-state index contributed by atoms with van der Waals surface area (Å²) in [6.07, 6.45) is 1.22. The van der Waals surface area contributed by atoms with Crippen LogP contribution in [0.3, 0.4) is 0 Å². The van der Waals surface area contributed by atoms with Gasteiger partial charge in [-0.05, 0) is 44.4 Å². The Kier molecular flexibility index (Phi) is 3.96. The molecule has 1 aromatic rings. The molecule has 100 valence electrons. The Morgan fingerprint density at radius 1 is 1.22 bits per heavy atom. The summed E-state index contributed by atoms with van der Waals surface area (Å²) in [6, 6.07) is 8.87. The zero-order chi connectivity index (χ0) is 13.2. The van der Waals surface area contributed by atoms with Crippen molar-refractivity contribution in [3.63, 3.8) is 0 Å². The molecule has 0 spiro atoms. The summed E-state index contributed by atoms with van der Waals surface area (Å²) in [5, 5.41) is 3.54. The lowest BCUT2D eigenvalue weighted by atomic mass is 9.96. The summed E-state index contributed by atoms with van der Waals surface area (Å²) in [4.78, 5) is 2.59. The van der Waals surface area contributed by atoms with Gasteiger partial charge in [0.05, 0.1) is 0 Å². The molecule has 0 unspecified atom stereocenters. The van der Waals surface area contributed by atoms with Crippen LogP contribution < -0.4 is 10.2 Å². The Bertz CT molecular complexity index is 396. The zero-order valence-corrected chi connectivity index (χ0v) is 12.2. The average Bonchev–Trinajstić information content (AvgIpc) is 2.50. The highest BCUT2D eigenvalue weighted by molar-refractivity contribution is 5.57. The van der Waals surface area contributed by atoms with Crippen LogP contribution in [0.15, 0.2) is 24.3 Å². The van der Waals surface area contributed by atoms with Gasteiger partial charge in [-0.3, -0.25) is 0 Å². The van der Waals surface area contributed by atoms with E-state index in [9.17, 15) is 0 Å². The van der Waals surface area contributed by atoms with E-state index in [0.29, 0.717) is 5.92 Å². The second kappa shape index (κ2) is 5.31. The molecule has 2 rings (SSSR count). The van der Waals surface area contributed by atoms with E-state index >= 15 is 0 Å². The van der Waals surface area contributed by atoms with Gasteiger partial charge in [0.1, 0.15) is 0 Å². The SMILES string of the molecule is CC(C)c1ccccc1N1CCCNCC1(C)C. The topological polar surface area (TPSA) is 15.3 Å². The van der Waals surface area contributed by atoms with E-state index in [0.717, 1.165) is 19.6 Å². The Balaban J connectivity index is 2.39. The maximum absolute atomic E-state index is 3.54. The highest BCUT2D eigenvalue weighted by Gasteiger charge is 2.29. The summed E-state index contributed by atoms with van der Waals surface area (Å²) in [7, 11) is 0. The second-order valence-electron chi connectivity index (χ2n) is 6.21. The molecular formula is C16H26N2. The molecule has 0 aliphatic carbocycles. The van der Waals surface area contributed by atoms with Crippen LogP contribution in [0.5, 0.6) is 0 Å². The number of para-hydroxylation sites is 1. The third-order valence-electron chi connectivity index (χ3n) is 3.87. The van der Waals surface area contributed by atoms with Crippen LogP contribution in [-0.4, -0.2) is 25.2 Å². The molecule has 0 bridgehead atoms. The fourth-order valence-electron chi connectivity index (χ4n) is 2.82. The van der Waals surface area contributed by atoms with Crippen molar-refractivity contribution in [3.05, 3.63) is 29.8 Å². The largest absolute Gasteiger partial charge is 0.365 e. The van der Waals surface area contributed by atoms with Crippen molar-refractivity contribution in [1.29, 1.82) is 0 Å². The average molecular weight is 246 g/mol. The Morgan fingerprint density at radius 3 is 2.67 bits per heavy atom. The lowest BCUT2D eigenvalue weighted by molar-refractivity contribution is 0.461. The molecule has 2 heteroatoms. The van der Waals surface area contributed by atoms with Gasteiger partial charge >= 0.3 is 0 Å². The van der Waals surface area contributed by atoms with Gasteiger partial charge in [-0.25, -0.2) is 0 Å². The normalized spacial score (nSPS) is 19.9. The number of hydrogen-bond donors (Lipinski definition) is 1. The molecule has 0 aromatic heterocycles. The molecule has 18 heavy (non-hydrogen) atoms. The number of rotatable bonds is 2. The smallest absolute Gasteiger partial charge is 0.0470 e. The van der Waals surface area contributed by atoms with Crippen molar-refractivity contribution >= 4 is 5.69 Å². The molecule has 1 fully saturated rings. The molecule has 1 N–H and O–H groups in total. The highest BCUT2D eigenvalue weighted by Crippen LogP contribution is 2.32. The number of nitrogens with zero attached hydrogens (tertiary/aromatic N) is 1. The Morgan fingerprint density at radius 2 is 1.94 bits per heavy atom. The second-order valence-corrected chi connectivity index (χ2v) is 6.21. The maximum Gasteiger partial charge on any atom is 0.0470 e. The van der Waals surface area contributed by atoms with Crippen molar-refractivity contribution in [2.24, 2.45) is 0 Å². The Labute approximate surface area is 111 Å². The van der Waals surface area contributed by atoms with E-state index in [1.165, 1.54) is 17.7 Å². The van der Waals surface area contributed by atoms with Gasteiger partial charge in [-0.15, -0.1) is 0 Å².